The first kappa shape index (κ1) is 30.9. The van der Waals surface area contributed by atoms with E-state index < -0.39 is 0 Å². The summed E-state index contributed by atoms with van der Waals surface area (Å²) in [5.41, 5.74) is 3.62. The van der Waals surface area contributed by atoms with E-state index in [4.69, 9.17) is 16.1 Å². The minimum absolute atomic E-state index is 0.0227. The van der Waals surface area contributed by atoms with E-state index in [1.165, 1.54) is 24.1 Å². The van der Waals surface area contributed by atoms with Gasteiger partial charge in [0.1, 0.15) is 5.82 Å². The number of amides is 2. The number of carbonyl (C=O) groups excluding carboxylic acids is 2. The van der Waals surface area contributed by atoms with Crippen molar-refractivity contribution in [2.75, 3.05) is 26.3 Å². The van der Waals surface area contributed by atoms with Crippen LogP contribution in [0.1, 0.15) is 105 Å². The van der Waals surface area contributed by atoms with Crippen LogP contribution in [0.5, 0.6) is 0 Å². The number of terminal acetylenes is 1. The van der Waals surface area contributed by atoms with Crippen molar-refractivity contribution in [3.63, 3.8) is 0 Å². The van der Waals surface area contributed by atoms with Gasteiger partial charge in [-0.3, -0.25) is 14.5 Å². The fourth-order valence-electron chi connectivity index (χ4n) is 8.26. The Kier molecular flexibility index (Phi) is 10.0. The van der Waals surface area contributed by atoms with E-state index in [0.29, 0.717) is 44.3 Å². The van der Waals surface area contributed by atoms with Crippen molar-refractivity contribution in [2.45, 2.75) is 115 Å². The molecule has 0 aliphatic carbocycles. The molecule has 1 aromatic heterocycles. The number of ether oxygens (including phenoxy) is 1. The van der Waals surface area contributed by atoms with Crippen LogP contribution in [-0.4, -0.2) is 69.6 Å². The molecule has 2 aromatic rings. The summed E-state index contributed by atoms with van der Waals surface area (Å²) in [6, 6.07) is 12.1. The fourth-order valence-corrected chi connectivity index (χ4v) is 8.26. The van der Waals surface area contributed by atoms with Crippen molar-refractivity contribution in [1.29, 1.82) is 0 Å². The monoisotopic (exact) mass is 599 g/mol. The molecule has 236 valence electrons. The maximum absolute atomic E-state index is 13.2. The minimum Gasteiger partial charge on any atom is -0.381 e. The quantitative estimate of drug-likeness (QED) is 0.287. The first-order valence-corrected chi connectivity index (χ1v) is 17.0. The zero-order valence-electron chi connectivity index (χ0n) is 26.4. The molecule has 3 atom stereocenters. The Morgan fingerprint density at radius 2 is 1.82 bits per heavy atom. The van der Waals surface area contributed by atoms with Gasteiger partial charge in [-0.15, -0.1) is 12.3 Å². The number of benzene rings is 1. The van der Waals surface area contributed by atoms with Crippen LogP contribution in [0, 0.1) is 25.2 Å². The Morgan fingerprint density at radius 1 is 1.07 bits per heavy atom. The average Bonchev–Trinajstić information content (AvgIpc) is 3.51. The molecule has 3 saturated heterocycles. The topological polar surface area (TPSA) is 79.7 Å². The predicted octanol–water partition coefficient (Wildman–Crippen LogP) is 5.11. The maximum atomic E-state index is 13.2. The molecule has 4 aliphatic rings. The summed E-state index contributed by atoms with van der Waals surface area (Å²) in [5.74, 6) is 4.21. The Labute approximate surface area is 262 Å². The van der Waals surface area contributed by atoms with Crippen LogP contribution in [0.3, 0.4) is 0 Å². The molecule has 2 amide bonds. The molecule has 8 heteroatoms. The number of imidazole rings is 1. The third-order valence-corrected chi connectivity index (χ3v) is 10.6. The van der Waals surface area contributed by atoms with Crippen molar-refractivity contribution in [3.8, 4) is 12.3 Å². The lowest BCUT2D eigenvalue weighted by Gasteiger charge is -2.41. The molecular formula is C36H49N5O3. The number of aryl methyl sites for hydroxylation is 1. The lowest BCUT2D eigenvalue weighted by Crippen LogP contribution is -2.45. The fraction of sp³-hybridized carbons (Fsp3) is 0.639. The van der Waals surface area contributed by atoms with Gasteiger partial charge in [0, 0.05) is 75.3 Å². The molecule has 4 aliphatic heterocycles. The average molecular weight is 600 g/mol. The maximum Gasteiger partial charge on any atom is 0.223 e. The SMILES string of the molecule is C#CCCCCC(=O)N1CCc2c(nc(C)n2C2CC3CCC(C2)N3CC[C@H](NC(=O)C2CCOCC2)c2ccccc2)C1. The third-order valence-electron chi connectivity index (χ3n) is 10.6. The van der Waals surface area contributed by atoms with Gasteiger partial charge in [0.2, 0.25) is 11.8 Å². The van der Waals surface area contributed by atoms with Gasteiger partial charge in [0.15, 0.2) is 0 Å². The molecule has 1 N–H and O–H groups in total. The number of fused-ring (bicyclic) bond motifs is 3. The second kappa shape index (κ2) is 14.3. The van der Waals surface area contributed by atoms with Crippen molar-refractivity contribution in [3.05, 3.63) is 53.1 Å². The van der Waals surface area contributed by atoms with Gasteiger partial charge in [-0.2, -0.15) is 0 Å². The van der Waals surface area contributed by atoms with Crippen LogP contribution < -0.4 is 5.32 Å². The van der Waals surface area contributed by atoms with E-state index in [0.717, 1.165) is 82.4 Å². The standard InChI is InChI=1S/C36H49N5O3/c1-3-4-5-9-12-35(42)39-19-16-34-33(25-39)37-26(2)41(34)31-23-29-13-14-30(24-31)40(29)20-15-32(27-10-7-6-8-11-27)38-36(43)28-17-21-44-22-18-28/h1,6-8,10-11,28-32H,4-5,9,12-25H2,2H3,(H,38,43)/t29?,30?,31?,32-/m0/s1. The summed E-state index contributed by atoms with van der Waals surface area (Å²) in [5, 5.41) is 3.42. The van der Waals surface area contributed by atoms with Gasteiger partial charge in [0.25, 0.3) is 0 Å². The van der Waals surface area contributed by atoms with Gasteiger partial charge >= 0.3 is 0 Å². The highest BCUT2D eigenvalue weighted by Crippen LogP contribution is 2.43. The molecule has 5 heterocycles. The van der Waals surface area contributed by atoms with Crippen LogP contribution in [0.15, 0.2) is 30.3 Å². The van der Waals surface area contributed by atoms with Gasteiger partial charge in [-0.1, -0.05) is 30.3 Å². The molecule has 2 unspecified atom stereocenters. The summed E-state index contributed by atoms with van der Waals surface area (Å²) in [6.45, 7) is 5.90. The molecule has 6 rings (SSSR count). The van der Waals surface area contributed by atoms with Crippen LogP contribution in [0.25, 0.3) is 0 Å². The Morgan fingerprint density at radius 3 is 2.55 bits per heavy atom. The van der Waals surface area contributed by atoms with Crippen LogP contribution in [-0.2, 0) is 27.3 Å². The second-order valence-corrected chi connectivity index (χ2v) is 13.3. The van der Waals surface area contributed by atoms with Crippen LogP contribution >= 0.6 is 0 Å². The Bertz CT molecular complexity index is 1310. The summed E-state index contributed by atoms with van der Waals surface area (Å²) >= 11 is 0. The van der Waals surface area contributed by atoms with E-state index in [9.17, 15) is 9.59 Å². The first-order valence-electron chi connectivity index (χ1n) is 17.0. The molecule has 2 bridgehead atoms. The lowest BCUT2D eigenvalue weighted by atomic mass is 9.94. The van der Waals surface area contributed by atoms with Crippen LogP contribution in [0.2, 0.25) is 0 Å². The molecular weight excluding hydrogens is 550 g/mol. The normalized spacial score (nSPS) is 24.5. The highest BCUT2D eigenvalue weighted by molar-refractivity contribution is 5.79. The number of piperidine rings is 1. The van der Waals surface area contributed by atoms with Crippen molar-refractivity contribution in [2.24, 2.45) is 5.92 Å². The van der Waals surface area contributed by atoms with Gasteiger partial charge in [-0.25, -0.2) is 4.98 Å². The largest absolute Gasteiger partial charge is 0.381 e. The van der Waals surface area contributed by atoms with E-state index in [1.54, 1.807) is 0 Å². The van der Waals surface area contributed by atoms with E-state index >= 15 is 0 Å². The number of unbranched alkanes of at least 4 members (excludes halogenated alkanes) is 2. The van der Waals surface area contributed by atoms with E-state index in [-0.39, 0.29) is 23.8 Å². The van der Waals surface area contributed by atoms with Crippen LogP contribution in [0.4, 0.5) is 0 Å². The number of nitrogens with one attached hydrogen (secondary N) is 1. The molecule has 0 saturated carbocycles. The van der Waals surface area contributed by atoms with Crippen molar-refractivity contribution in [1.82, 2.24) is 24.7 Å². The van der Waals surface area contributed by atoms with Gasteiger partial charge in [-0.05, 0) is 70.3 Å². The summed E-state index contributed by atoms with van der Waals surface area (Å²) in [4.78, 5) is 35.8. The van der Waals surface area contributed by atoms with Gasteiger partial charge < -0.3 is 19.5 Å². The number of rotatable bonds is 11. The number of hydrogen-bond donors (Lipinski definition) is 1. The number of nitrogens with zero attached hydrogens (tertiary/aromatic N) is 4. The van der Waals surface area contributed by atoms with Crippen molar-refractivity contribution >= 4 is 11.8 Å². The smallest absolute Gasteiger partial charge is 0.223 e. The zero-order valence-corrected chi connectivity index (χ0v) is 26.4. The highest BCUT2D eigenvalue weighted by atomic mass is 16.5. The zero-order chi connectivity index (χ0) is 30.5. The summed E-state index contributed by atoms with van der Waals surface area (Å²) in [6.07, 6.45) is 16.6. The predicted molar refractivity (Wildman–Crippen MR) is 171 cm³/mol. The number of hydrogen-bond acceptors (Lipinski definition) is 5. The molecule has 3 fully saturated rings. The number of carbonyl (C=O) groups is 2. The Balaban J connectivity index is 1.08. The van der Waals surface area contributed by atoms with E-state index in [2.05, 4.69) is 51.9 Å². The lowest BCUT2D eigenvalue weighted by molar-refractivity contribution is -0.132. The van der Waals surface area contributed by atoms with Gasteiger partial charge in [0.05, 0.1) is 18.3 Å². The molecule has 0 radical (unpaired) electrons. The second-order valence-electron chi connectivity index (χ2n) is 13.3. The highest BCUT2D eigenvalue weighted by Gasteiger charge is 2.42. The summed E-state index contributed by atoms with van der Waals surface area (Å²) < 4.78 is 8.03. The molecule has 8 nitrogen and oxygen atoms in total. The third kappa shape index (κ3) is 6.89. The van der Waals surface area contributed by atoms with E-state index in [1.807, 2.05) is 11.0 Å². The minimum atomic E-state index is 0.0227. The Hall–Kier alpha value is -3.15. The molecule has 44 heavy (non-hydrogen) atoms. The molecule has 1 aromatic carbocycles. The van der Waals surface area contributed by atoms with Crippen molar-refractivity contribution < 1.29 is 14.3 Å². The summed E-state index contributed by atoms with van der Waals surface area (Å²) in [7, 11) is 0. The number of aromatic nitrogens is 2. The first-order chi connectivity index (χ1) is 21.5. The molecule has 0 spiro atoms.